The van der Waals surface area contributed by atoms with E-state index in [1.165, 1.54) is 15.8 Å². The zero-order chi connectivity index (χ0) is 39.5. The number of phosphoric acid groups is 2. The van der Waals surface area contributed by atoms with Crippen molar-refractivity contribution < 1.29 is 72.1 Å². The topological polar surface area (TPSA) is 356 Å². The number of amidine groups is 1. The zero-order valence-corrected chi connectivity index (χ0v) is 30.7. The number of phosphoric ester groups is 2. The summed E-state index contributed by atoms with van der Waals surface area (Å²) in [4.78, 5) is 60.3. The van der Waals surface area contributed by atoms with Crippen molar-refractivity contribution in [3.05, 3.63) is 35.9 Å². The van der Waals surface area contributed by atoms with Gasteiger partial charge in [-0.1, -0.05) is 0 Å². The molecule has 5 heterocycles. The summed E-state index contributed by atoms with van der Waals surface area (Å²) in [6.07, 6.45) is -10.00. The minimum absolute atomic E-state index is 0.0281. The Hall–Kier alpha value is -3.65. The molecule has 3 aromatic rings. The first kappa shape index (κ1) is 40.0. The lowest BCUT2D eigenvalue weighted by Crippen LogP contribution is -2.66. The molecule has 10 atom stereocenters. The average Bonchev–Trinajstić information content (AvgIpc) is 3.64. The molecular weight excluding hydrogens is 784 g/mol. The Morgan fingerprint density at radius 1 is 1.04 bits per heavy atom. The summed E-state index contributed by atoms with van der Waals surface area (Å²) in [7, 11) is -11.0. The lowest BCUT2D eigenvalue weighted by Gasteiger charge is -2.45. The van der Waals surface area contributed by atoms with Crippen LogP contribution in [0.4, 0.5) is 22.0 Å². The fourth-order valence-electron chi connectivity index (χ4n) is 5.80. The number of thiol groups is 1. The summed E-state index contributed by atoms with van der Waals surface area (Å²) < 4.78 is 45.4. The third-order valence-electron chi connectivity index (χ3n) is 8.73. The van der Waals surface area contributed by atoms with Crippen molar-refractivity contribution in [3.8, 4) is 0 Å². The van der Waals surface area contributed by atoms with Gasteiger partial charge < -0.3 is 56.0 Å². The number of ether oxygens (including phenoxy) is 1. The summed E-state index contributed by atoms with van der Waals surface area (Å²) in [5.74, 6) is -1.10. The number of aryl methyl sites for hydroxylation is 2. The first-order chi connectivity index (χ1) is 25.2. The number of urea groups is 1. The van der Waals surface area contributed by atoms with Gasteiger partial charge >= 0.3 is 21.7 Å². The van der Waals surface area contributed by atoms with Gasteiger partial charge in [0.2, 0.25) is 4.87 Å². The molecule has 2 aromatic heterocycles. The summed E-state index contributed by atoms with van der Waals surface area (Å²) in [6.45, 7) is 0.770. The van der Waals surface area contributed by atoms with Crippen LogP contribution in [0.2, 0.25) is 0 Å². The Labute approximate surface area is 309 Å². The number of carbonyl (C=O) groups excluding carboxylic acids is 2. The second-order valence-electron chi connectivity index (χ2n) is 12.5. The molecule has 3 amide bonds. The van der Waals surface area contributed by atoms with Crippen LogP contribution in [0.3, 0.4) is 0 Å². The lowest BCUT2D eigenvalue weighted by molar-refractivity contribution is -0.120. The van der Waals surface area contributed by atoms with Gasteiger partial charge in [-0.05, 0) is 37.1 Å². The van der Waals surface area contributed by atoms with Crippen molar-refractivity contribution in [2.75, 3.05) is 35.7 Å². The largest absolute Gasteiger partial charge is 0.481 e. The third kappa shape index (κ3) is 7.74. The van der Waals surface area contributed by atoms with Crippen LogP contribution in [-0.4, -0.2) is 134 Å². The van der Waals surface area contributed by atoms with Gasteiger partial charge in [-0.25, -0.2) is 28.9 Å². The molecule has 54 heavy (non-hydrogen) atoms. The minimum Gasteiger partial charge on any atom is -0.388 e. The van der Waals surface area contributed by atoms with Gasteiger partial charge in [-0.2, -0.15) is 9.30 Å². The van der Waals surface area contributed by atoms with E-state index < -0.39 is 95.1 Å². The van der Waals surface area contributed by atoms with Crippen molar-refractivity contribution in [2.45, 2.75) is 61.6 Å². The minimum atomic E-state index is -5.55. The highest BCUT2D eigenvalue weighted by atomic mass is 32.1. The number of carbonyl (C=O) groups is 2. The summed E-state index contributed by atoms with van der Waals surface area (Å²) in [5, 5.41) is 58.2. The number of amides is 3. The molecule has 0 radical (unpaired) electrons. The number of imide groups is 1. The van der Waals surface area contributed by atoms with E-state index in [9.17, 15) is 54.0 Å². The van der Waals surface area contributed by atoms with E-state index in [4.69, 9.17) is 15.0 Å². The molecule has 1 saturated heterocycles. The maximum atomic E-state index is 12.8. The number of aliphatic imine (C=N–C) groups is 1. The number of fused-ring (bicyclic) bond motifs is 3. The molecule has 27 heteroatoms. The monoisotopic (exact) mass is 819 g/mol. The highest BCUT2D eigenvalue weighted by Crippen LogP contribution is 2.60. The molecule has 0 spiro atoms. The number of nitrogens with two attached hydrogens (primary N) is 1. The second-order valence-corrected chi connectivity index (χ2v) is 16.2. The Bertz CT molecular complexity index is 2110. The molecule has 24 nitrogen and oxygen atoms in total. The van der Waals surface area contributed by atoms with E-state index in [1.54, 1.807) is 26.0 Å². The van der Waals surface area contributed by atoms with Crippen LogP contribution in [0.1, 0.15) is 17.4 Å². The van der Waals surface area contributed by atoms with Gasteiger partial charge in [0, 0.05) is 0 Å². The van der Waals surface area contributed by atoms with E-state index in [0.717, 1.165) is 17.5 Å². The predicted octanol–water partition coefficient (Wildman–Crippen LogP) is -1.82. The number of imidazole rings is 1. The fourth-order valence-corrected chi connectivity index (χ4v) is 8.24. The number of nitrogens with zero attached hydrogens (tertiary/aromatic N) is 6. The first-order valence-electron chi connectivity index (χ1n) is 15.7. The number of β-amino-alcohol motifs (C(OH)–C–C–N with tert-alkyl or cyclic N) is 1. The number of aliphatic hydroxyl groups is 5. The summed E-state index contributed by atoms with van der Waals surface area (Å²) in [6, 6.07) is 2.32. The SMILES string of the molecule is Cc1cc2c(cc1C)N(C[C@H](O)[C@H](O)[C@H](O)COP(=O)(O)OP(=O)(O)OC[C@H]1O[C@@H](n3cnc4c(N)ncnc43)[C@H](O)[C@@H]1O)C1=NC(=O)NC(=O)[C@]1(S)N2. The lowest BCUT2D eigenvalue weighted by atomic mass is 9.99. The highest BCUT2D eigenvalue weighted by Gasteiger charge is 2.52. The number of rotatable bonds is 13. The average molecular weight is 820 g/mol. The molecule has 11 N–H and O–H groups in total. The molecular formula is C27H35N9O15P2S. The molecule has 3 aliphatic rings. The summed E-state index contributed by atoms with van der Waals surface area (Å²) >= 11 is 4.42. The molecule has 294 valence electrons. The molecule has 0 saturated carbocycles. The van der Waals surface area contributed by atoms with Gasteiger partial charge in [-0.15, -0.1) is 12.6 Å². The number of aliphatic hydroxyl groups excluding tert-OH is 5. The molecule has 3 aliphatic heterocycles. The van der Waals surface area contributed by atoms with E-state index in [2.05, 4.69) is 46.7 Å². The Balaban J connectivity index is 1.06. The van der Waals surface area contributed by atoms with Crippen molar-refractivity contribution in [1.29, 1.82) is 0 Å². The van der Waals surface area contributed by atoms with Crippen molar-refractivity contribution >= 4 is 74.4 Å². The van der Waals surface area contributed by atoms with Crippen molar-refractivity contribution in [2.24, 2.45) is 4.99 Å². The molecule has 2 unspecified atom stereocenters. The number of anilines is 3. The van der Waals surface area contributed by atoms with Crippen LogP contribution in [-0.2, 0) is 32.0 Å². The van der Waals surface area contributed by atoms with Crippen molar-refractivity contribution in [1.82, 2.24) is 24.8 Å². The van der Waals surface area contributed by atoms with Crippen LogP contribution in [0, 0.1) is 13.8 Å². The third-order valence-corrected chi connectivity index (χ3v) is 11.8. The Kier molecular flexibility index (Phi) is 11.0. The van der Waals surface area contributed by atoms with Crippen LogP contribution < -0.4 is 21.3 Å². The van der Waals surface area contributed by atoms with Crippen LogP contribution in [0.15, 0.2) is 29.8 Å². The molecule has 1 fully saturated rings. The zero-order valence-electron chi connectivity index (χ0n) is 28.0. The second kappa shape index (κ2) is 14.8. The van der Waals surface area contributed by atoms with Gasteiger partial charge in [0.1, 0.15) is 48.5 Å². The maximum absolute atomic E-state index is 12.8. The number of hydrogen-bond acceptors (Lipinski definition) is 20. The van der Waals surface area contributed by atoms with E-state index in [0.29, 0.717) is 11.4 Å². The molecule has 1 aromatic carbocycles. The van der Waals surface area contributed by atoms with E-state index in [1.807, 2.05) is 5.32 Å². The van der Waals surface area contributed by atoms with Crippen molar-refractivity contribution in [3.63, 3.8) is 0 Å². The number of hydrogen-bond donors (Lipinski definition) is 11. The Morgan fingerprint density at radius 3 is 2.44 bits per heavy atom. The van der Waals surface area contributed by atoms with Gasteiger partial charge in [0.15, 0.2) is 23.5 Å². The standard InChI is InChI=1S/C27H35N9O15P2S/c1-10-3-12-13(4-11(10)2)35(24-27(54,34-12)25(42)33-26(43)32-24)5-14(37)18(39)15(38)6-48-52(44,45)51-53(46,47)49-7-16-19(40)20(41)23(50-16)36-9-31-17-21(28)29-8-30-22(17)36/h3-4,8-9,14-16,18-20,23,34,37-41,54H,5-7H2,1-2H3,(H,44,45)(H,46,47)(H2,28,29,30)(H,33,42,43)/t14-,15+,16+,18-,19+,20+,23+,27-/m0/s1. The molecule has 0 bridgehead atoms. The first-order valence-corrected chi connectivity index (χ1v) is 19.1. The number of aromatic nitrogens is 4. The molecule has 6 rings (SSSR count). The van der Waals surface area contributed by atoms with Crippen LogP contribution in [0.25, 0.3) is 11.2 Å². The molecule has 0 aliphatic carbocycles. The predicted molar refractivity (Wildman–Crippen MR) is 186 cm³/mol. The van der Waals surface area contributed by atoms with E-state index >= 15 is 0 Å². The van der Waals surface area contributed by atoms with Crippen LogP contribution >= 0.6 is 28.3 Å². The number of nitrogen functional groups attached to an aromatic ring is 1. The van der Waals surface area contributed by atoms with Gasteiger partial charge in [0.25, 0.3) is 5.91 Å². The maximum Gasteiger partial charge on any atom is 0.481 e. The Morgan fingerprint density at radius 2 is 1.72 bits per heavy atom. The highest BCUT2D eigenvalue weighted by molar-refractivity contribution is 7.84. The van der Waals surface area contributed by atoms with Gasteiger partial charge in [-0.3, -0.25) is 23.7 Å². The number of benzene rings is 1. The summed E-state index contributed by atoms with van der Waals surface area (Å²) in [5.41, 5.74) is 8.33. The number of nitrogens with one attached hydrogen (secondary N) is 2. The van der Waals surface area contributed by atoms with Gasteiger partial charge in [0.05, 0.1) is 37.5 Å². The van der Waals surface area contributed by atoms with E-state index in [-0.39, 0.29) is 22.8 Å². The smallest absolute Gasteiger partial charge is 0.388 e. The van der Waals surface area contributed by atoms with Crippen LogP contribution in [0.5, 0.6) is 0 Å². The fraction of sp³-hybridized carbons (Fsp3) is 0.481. The quantitative estimate of drug-likeness (QED) is 0.0668. The normalized spacial score (nSPS) is 27.9.